The van der Waals surface area contributed by atoms with Crippen LogP contribution in [0.15, 0.2) is 24.3 Å². The molecule has 1 aromatic carbocycles. The fraction of sp³-hybridized carbons (Fsp3) is 0.529. The third-order valence-corrected chi connectivity index (χ3v) is 4.45. The van der Waals surface area contributed by atoms with Crippen LogP contribution in [0.25, 0.3) is 11.0 Å². The fourth-order valence-electron chi connectivity index (χ4n) is 3.24. The number of carboxylic acids is 1. The van der Waals surface area contributed by atoms with Crippen molar-refractivity contribution in [3.05, 3.63) is 30.1 Å². The molecule has 124 valence electrons. The van der Waals surface area contributed by atoms with E-state index >= 15 is 0 Å². The molecule has 0 amide bonds. The lowest BCUT2D eigenvalue weighted by Gasteiger charge is -2.20. The highest BCUT2D eigenvalue weighted by atomic mass is 16.4. The SMILES string of the molecule is CC(C)Cn1c(CN2CC[C@](N)(C(=O)O)C2)nc2ccccc21. The fourth-order valence-corrected chi connectivity index (χ4v) is 3.24. The van der Waals surface area contributed by atoms with Gasteiger partial charge in [0, 0.05) is 19.6 Å². The molecule has 0 saturated carbocycles. The highest BCUT2D eigenvalue weighted by molar-refractivity contribution is 5.79. The van der Waals surface area contributed by atoms with Gasteiger partial charge in [0.25, 0.3) is 0 Å². The molecule has 6 heteroatoms. The van der Waals surface area contributed by atoms with E-state index in [-0.39, 0.29) is 0 Å². The molecule has 0 unspecified atom stereocenters. The molecule has 1 fully saturated rings. The largest absolute Gasteiger partial charge is 0.480 e. The van der Waals surface area contributed by atoms with E-state index in [2.05, 4.69) is 29.4 Å². The lowest BCUT2D eigenvalue weighted by atomic mass is 10.0. The van der Waals surface area contributed by atoms with E-state index in [4.69, 9.17) is 10.7 Å². The van der Waals surface area contributed by atoms with Gasteiger partial charge in [-0.1, -0.05) is 26.0 Å². The summed E-state index contributed by atoms with van der Waals surface area (Å²) in [5.41, 5.74) is 6.96. The van der Waals surface area contributed by atoms with Gasteiger partial charge < -0.3 is 15.4 Å². The Morgan fingerprint density at radius 2 is 2.17 bits per heavy atom. The molecule has 1 aliphatic rings. The molecule has 23 heavy (non-hydrogen) atoms. The molecule has 1 aromatic heterocycles. The number of aliphatic carboxylic acids is 1. The van der Waals surface area contributed by atoms with Crippen molar-refractivity contribution < 1.29 is 9.90 Å². The Morgan fingerprint density at radius 1 is 1.43 bits per heavy atom. The predicted molar refractivity (Wildman–Crippen MR) is 89.0 cm³/mol. The van der Waals surface area contributed by atoms with Gasteiger partial charge in [-0.15, -0.1) is 0 Å². The minimum Gasteiger partial charge on any atom is -0.480 e. The van der Waals surface area contributed by atoms with Crippen molar-refractivity contribution in [1.82, 2.24) is 14.5 Å². The first-order chi connectivity index (χ1) is 10.9. The first-order valence-electron chi connectivity index (χ1n) is 8.08. The van der Waals surface area contributed by atoms with Gasteiger partial charge in [0.15, 0.2) is 0 Å². The third-order valence-electron chi connectivity index (χ3n) is 4.45. The summed E-state index contributed by atoms with van der Waals surface area (Å²) in [7, 11) is 0. The van der Waals surface area contributed by atoms with Crippen molar-refractivity contribution >= 4 is 17.0 Å². The number of hydrogen-bond acceptors (Lipinski definition) is 4. The van der Waals surface area contributed by atoms with Crippen molar-refractivity contribution in [2.75, 3.05) is 13.1 Å². The van der Waals surface area contributed by atoms with Crippen LogP contribution in [0.1, 0.15) is 26.1 Å². The van der Waals surface area contributed by atoms with Crippen LogP contribution in [-0.4, -0.2) is 44.2 Å². The molecular formula is C17H24N4O2. The maximum absolute atomic E-state index is 11.3. The van der Waals surface area contributed by atoms with E-state index in [1.807, 2.05) is 18.2 Å². The second-order valence-corrected chi connectivity index (χ2v) is 6.94. The van der Waals surface area contributed by atoms with Gasteiger partial charge in [-0.2, -0.15) is 0 Å². The number of benzene rings is 1. The number of carbonyl (C=O) groups is 1. The summed E-state index contributed by atoms with van der Waals surface area (Å²) in [4.78, 5) is 18.1. The van der Waals surface area contributed by atoms with Gasteiger partial charge in [0.2, 0.25) is 0 Å². The number of imidazole rings is 1. The van der Waals surface area contributed by atoms with Crippen LogP contribution in [0.4, 0.5) is 0 Å². The minimum atomic E-state index is -1.13. The maximum atomic E-state index is 11.3. The van der Waals surface area contributed by atoms with Crippen LogP contribution in [0.2, 0.25) is 0 Å². The van der Waals surface area contributed by atoms with Gasteiger partial charge >= 0.3 is 5.97 Å². The van der Waals surface area contributed by atoms with E-state index in [1.165, 1.54) is 0 Å². The second-order valence-electron chi connectivity index (χ2n) is 6.94. The maximum Gasteiger partial charge on any atom is 0.325 e. The van der Waals surface area contributed by atoms with Crippen molar-refractivity contribution in [3.8, 4) is 0 Å². The van der Waals surface area contributed by atoms with Crippen LogP contribution < -0.4 is 5.73 Å². The molecule has 2 heterocycles. The van der Waals surface area contributed by atoms with Crippen LogP contribution in [0.3, 0.4) is 0 Å². The van der Waals surface area contributed by atoms with E-state index in [0.29, 0.717) is 32.0 Å². The molecule has 1 aliphatic heterocycles. The Balaban J connectivity index is 1.87. The van der Waals surface area contributed by atoms with Gasteiger partial charge in [0.05, 0.1) is 17.6 Å². The zero-order chi connectivity index (χ0) is 16.6. The molecule has 1 saturated heterocycles. The highest BCUT2D eigenvalue weighted by Gasteiger charge is 2.41. The van der Waals surface area contributed by atoms with Gasteiger partial charge in [-0.3, -0.25) is 9.69 Å². The lowest BCUT2D eigenvalue weighted by Crippen LogP contribution is -2.50. The molecular weight excluding hydrogens is 292 g/mol. The van der Waals surface area contributed by atoms with Gasteiger partial charge in [-0.25, -0.2) is 4.98 Å². The number of nitrogens with two attached hydrogens (primary N) is 1. The molecule has 0 radical (unpaired) electrons. The molecule has 1 atom stereocenters. The van der Waals surface area contributed by atoms with Crippen molar-refractivity contribution in [2.24, 2.45) is 11.7 Å². The number of hydrogen-bond donors (Lipinski definition) is 2. The Labute approximate surface area is 135 Å². The number of aromatic nitrogens is 2. The summed E-state index contributed by atoms with van der Waals surface area (Å²) in [5.74, 6) is 0.572. The van der Waals surface area contributed by atoms with E-state index in [0.717, 1.165) is 23.4 Å². The van der Waals surface area contributed by atoms with E-state index < -0.39 is 11.5 Å². The smallest absolute Gasteiger partial charge is 0.325 e. The molecule has 6 nitrogen and oxygen atoms in total. The van der Waals surface area contributed by atoms with E-state index in [1.54, 1.807) is 0 Å². The first-order valence-corrected chi connectivity index (χ1v) is 8.08. The molecule has 0 spiro atoms. The number of para-hydroxylation sites is 2. The first kappa shape index (κ1) is 16.0. The molecule has 3 rings (SSSR count). The quantitative estimate of drug-likeness (QED) is 0.877. The Hall–Kier alpha value is -1.92. The third kappa shape index (κ3) is 3.09. The summed E-state index contributed by atoms with van der Waals surface area (Å²) in [6.07, 6.45) is 0.479. The standard InChI is InChI=1S/C17H24N4O2/c1-12(2)9-21-14-6-4-3-5-13(14)19-15(21)10-20-8-7-17(18,11-20)16(22)23/h3-6,12H,7-11,18H2,1-2H3,(H,22,23)/t17-/m1/s1. The zero-order valence-corrected chi connectivity index (χ0v) is 13.7. The second kappa shape index (κ2) is 5.94. The Morgan fingerprint density at radius 3 is 2.83 bits per heavy atom. The van der Waals surface area contributed by atoms with E-state index in [9.17, 15) is 9.90 Å². The number of nitrogens with zero attached hydrogens (tertiary/aromatic N) is 3. The van der Waals surface area contributed by atoms with Crippen LogP contribution >= 0.6 is 0 Å². The number of rotatable bonds is 5. The number of carboxylic acid groups (broad SMARTS) is 1. The highest BCUT2D eigenvalue weighted by Crippen LogP contribution is 2.23. The van der Waals surface area contributed by atoms with Crippen LogP contribution in [0.5, 0.6) is 0 Å². The predicted octanol–water partition coefficient (Wildman–Crippen LogP) is 1.68. The molecule has 0 aliphatic carbocycles. The van der Waals surface area contributed by atoms with Crippen molar-refractivity contribution in [3.63, 3.8) is 0 Å². The summed E-state index contributed by atoms with van der Waals surface area (Å²) in [6.45, 7) is 6.96. The summed E-state index contributed by atoms with van der Waals surface area (Å²) in [6, 6.07) is 8.12. The summed E-state index contributed by atoms with van der Waals surface area (Å²) in [5, 5.41) is 9.27. The molecule has 0 bridgehead atoms. The van der Waals surface area contributed by atoms with Gasteiger partial charge in [0.1, 0.15) is 11.4 Å². The number of likely N-dealkylation sites (tertiary alicyclic amines) is 1. The van der Waals surface area contributed by atoms with Gasteiger partial charge in [-0.05, 0) is 24.5 Å². The van der Waals surface area contributed by atoms with Crippen LogP contribution in [0, 0.1) is 5.92 Å². The summed E-state index contributed by atoms with van der Waals surface area (Å²) >= 11 is 0. The number of fused-ring (bicyclic) bond motifs is 1. The average molecular weight is 316 g/mol. The zero-order valence-electron chi connectivity index (χ0n) is 13.7. The topological polar surface area (TPSA) is 84.4 Å². The monoisotopic (exact) mass is 316 g/mol. The Kier molecular flexibility index (Phi) is 4.12. The van der Waals surface area contributed by atoms with Crippen LogP contribution in [-0.2, 0) is 17.9 Å². The normalized spacial score (nSPS) is 22.3. The molecule has 3 N–H and O–H groups in total. The minimum absolute atomic E-state index is 0.368. The lowest BCUT2D eigenvalue weighted by molar-refractivity contribution is -0.142. The van der Waals surface area contributed by atoms with Crippen molar-refractivity contribution in [1.29, 1.82) is 0 Å². The average Bonchev–Trinajstić information content (AvgIpc) is 3.02. The Bertz CT molecular complexity index is 724. The summed E-state index contributed by atoms with van der Waals surface area (Å²) < 4.78 is 2.25. The molecule has 2 aromatic rings. The van der Waals surface area contributed by atoms with Crippen molar-refractivity contribution in [2.45, 2.75) is 38.9 Å².